The maximum atomic E-state index is 6.22. The average Bonchev–Trinajstić information content (AvgIpc) is 2.62. The molecule has 2 heterocycles. The van der Waals surface area contributed by atoms with E-state index in [1.54, 1.807) is 13.2 Å². The Morgan fingerprint density at radius 3 is 2.41 bits per heavy atom. The van der Waals surface area contributed by atoms with Gasteiger partial charge in [-0.2, -0.15) is 4.98 Å². The van der Waals surface area contributed by atoms with Crippen molar-refractivity contribution < 1.29 is 4.74 Å². The van der Waals surface area contributed by atoms with E-state index in [4.69, 9.17) is 21.3 Å². The molecule has 2 aromatic rings. The Bertz CT molecular complexity index is 866. The SMILES string of the molecule is COc1ccc(Nc2ncc(C)c(NC3CC(C)(C)N(C)C(C)(C)C3)n2)cc1Cl. The summed E-state index contributed by atoms with van der Waals surface area (Å²) in [6.45, 7) is 11.2. The number of halogens is 1. The molecule has 1 aromatic carbocycles. The molecule has 29 heavy (non-hydrogen) atoms. The molecule has 0 amide bonds. The fourth-order valence-corrected chi connectivity index (χ4v) is 4.45. The average molecular weight is 418 g/mol. The summed E-state index contributed by atoms with van der Waals surface area (Å²) in [5.74, 6) is 2.03. The molecule has 0 spiro atoms. The van der Waals surface area contributed by atoms with E-state index in [9.17, 15) is 0 Å². The minimum absolute atomic E-state index is 0.112. The number of anilines is 3. The Morgan fingerprint density at radius 2 is 1.83 bits per heavy atom. The first-order chi connectivity index (χ1) is 13.5. The van der Waals surface area contributed by atoms with Crippen molar-refractivity contribution in [2.45, 2.75) is 64.6 Å². The van der Waals surface area contributed by atoms with E-state index < -0.39 is 0 Å². The molecule has 1 aromatic heterocycles. The van der Waals surface area contributed by atoms with Crippen LogP contribution in [0, 0.1) is 6.92 Å². The first kappa shape index (κ1) is 21.7. The monoisotopic (exact) mass is 417 g/mol. The van der Waals surface area contributed by atoms with Gasteiger partial charge in [-0.25, -0.2) is 4.98 Å². The van der Waals surface area contributed by atoms with Crippen LogP contribution in [0.1, 0.15) is 46.1 Å². The lowest BCUT2D eigenvalue weighted by atomic mass is 9.77. The molecule has 0 saturated carbocycles. The summed E-state index contributed by atoms with van der Waals surface area (Å²) in [5.41, 5.74) is 2.06. The number of methoxy groups -OCH3 is 1. The molecule has 0 aliphatic carbocycles. The van der Waals surface area contributed by atoms with Gasteiger partial charge in [0, 0.05) is 34.6 Å². The van der Waals surface area contributed by atoms with E-state index in [2.05, 4.69) is 55.3 Å². The highest BCUT2D eigenvalue weighted by Gasteiger charge is 2.43. The number of nitrogens with zero attached hydrogens (tertiary/aromatic N) is 3. The maximum absolute atomic E-state index is 6.22. The van der Waals surface area contributed by atoms with Gasteiger partial charge in [-0.1, -0.05) is 11.6 Å². The lowest BCUT2D eigenvalue weighted by Crippen LogP contribution is -2.61. The smallest absolute Gasteiger partial charge is 0.229 e. The van der Waals surface area contributed by atoms with Gasteiger partial charge in [0.05, 0.1) is 12.1 Å². The second-order valence-electron chi connectivity index (χ2n) is 9.13. The molecule has 0 bridgehead atoms. The normalized spacial score (nSPS) is 19.0. The molecule has 0 unspecified atom stereocenters. The van der Waals surface area contributed by atoms with Gasteiger partial charge in [0.2, 0.25) is 5.95 Å². The summed E-state index contributed by atoms with van der Waals surface area (Å²) in [7, 11) is 3.81. The van der Waals surface area contributed by atoms with Crippen LogP contribution in [-0.2, 0) is 0 Å². The van der Waals surface area contributed by atoms with Crippen LogP contribution in [0.3, 0.4) is 0 Å². The number of piperidine rings is 1. The van der Waals surface area contributed by atoms with Gasteiger partial charge in [0.15, 0.2) is 0 Å². The lowest BCUT2D eigenvalue weighted by Gasteiger charge is -2.53. The summed E-state index contributed by atoms with van der Waals surface area (Å²) < 4.78 is 5.21. The highest BCUT2D eigenvalue weighted by atomic mass is 35.5. The van der Waals surface area contributed by atoms with Crippen LogP contribution in [-0.4, -0.2) is 46.1 Å². The topological polar surface area (TPSA) is 62.3 Å². The molecule has 0 atom stereocenters. The van der Waals surface area contributed by atoms with Crippen LogP contribution >= 0.6 is 11.6 Å². The van der Waals surface area contributed by atoms with E-state index in [1.807, 2.05) is 25.3 Å². The van der Waals surface area contributed by atoms with Crippen molar-refractivity contribution in [1.29, 1.82) is 0 Å². The zero-order valence-electron chi connectivity index (χ0n) is 18.4. The minimum Gasteiger partial charge on any atom is -0.495 e. The van der Waals surface area contributed by atoms with Crippen molar-refractivity contribution in [1.82, 2.24) is 14.9 Å². The highest BCUT2D eigenvalue weighted by Crippen LogP contribution is 2.38. The number of hydrogen-bond acceptors (Lipinski definition) is 6. The first-order valence-electron chi connectivity index (χ1n) is 9.96. The molecule has 6 nitrogen and oxygen atoms in total. The van der Waals surface area contributed by atoms with E-state index in [0.717, 1.165) is 29.9 Å². The standard InChI is InChI=1S/C22H32ClN5O/c1-14-13-24-20(26-15-8-9-18(29-7)17(23)10-15)27-19(14)25-16-11-21(2,3)28(6)22(4,5)12-16/h8-10,13,16H,11-12H2,1-7H3,(H2,24,25,26,27). The van der Waals surface area contributed by atoms with Crippen molar-refractivity contribution in [3.63, 3.8) is 0 Å². The number of benzene rings is 1. The van der Waals surface area contributed by atoms with Crippen molar-refractivity contribution >= 4 is 29.1 Å². The third kappa shape index (κ3) is 4.75. The quantitative estimate of drug-likeness (QED) is 0.692. The van der Waals surface area contributed by atoms with Gasteiger partial charge in [-0.3, -0.25) is 4.90 Å². The number of aromatic nitrogens is 2. The van der Waals surface area contributed by atoms with Gasteiger partial charge >= 0.3 is 0 Å². The minimum atomic E-state index is 0.112. The molecular formula is C22H32ClN5O. The Labute approximate surface area is 179 Å². The van der Waals surface area contributed by atoms with Crippen LogP contribution in [0.2, 0.25) is 5.02 Å². The zero-order valence-corrected chi connectivity index (χ0v) is 19.2. The van der Waals surface area contributed by atoms with Crippen molar-refractivity contribution in [3.8, 4) is 5.75 Å². The van der Waals surface area contributed by atoms with Gasteiger partial charge in [-0.15, -0.1) is 0 Å². The third-order valence-electron chi connectivity index (χ3n) is 6.03. The highest BCUT2D eigenvalue weighted by molar-refractivity contribution is 6.32. The number of likely N-dealkylation sites (tertiary alicyclic amines) is 1. The van der Waals surface area contributed by atoms with Gasteiger partial charge in [0.1, 0.15) is 11.6 Å². The predicted octanol–water partition coefficient (Wildman–Crippen LogP) is 5.25. The second-order valence-corrected chi connectivity index (χ2v) is 9.54. The molecule has 1 aliphatic rings. The van der Waals surface area contributed by atoms with Gasteiger partial charge in [-0.05, 0) is 72.7 Å². The van der Waals surface area contributed by atoms with Crippen LogP contribution in [0.15, 0.2) is 24.4 Å². The Kier molecular flexibility index (Phi) is 5.97. The Hall–Kier alpha value is -2.05. The summed E-state index contributed by atoms with van der Waals surface area (Å²) in [4.78, 5) is 11.6. The van der Waals surface area contributed by atoms with E-state index >= 15 is 0 Å². The lowest BCUT2D eigenvalue weighted by molar-refractivity contribution is -0.00773. The van der Waals surface area contributed by atoms with Gasteiger partial charge in [0.25, 0.3) is 0 Å². The maximum Gasteiger partial charge on any atom is 0.229 e. The van der Waals surface area contributed by atoms with Crippen molar-refractivity contribution in [3.05, 3.63) is 35.0 Å². The summed E-state index contributed by atoms with van der Waals surface area (Å²) >= 11 is 6.22. The molecule has 1 fully saturated rings. The number of nitrogens with one attached hydrogen (secondary N) is 2. The molecule has 1 aliphatic heterocycles. The fraction of sp³-hybridized carbons (Fsp3) is 0.545. The molecule has 7 heteroatoms. The van der Waals surface area contributed by atoms with E-state index in [-0.39, 0.29) is 11.1 Å². The molecule has 1 saturated heterocycles. The fourth-order valence-electron chi connectivity index (χ4n) is 4.19. The Morgan fingerprint density at radius 1 is 1.17 bits per heavy atom. The van der Waals surface area contributed by atoms with Crippen LogP contribution < -0.4 is 15.4 Å². The summed E-state index contributed by atoms with van der Waals surface area (Å²) in [5, 5.41) is 7.44. The summed E-state index contributed by atoms with van der Waals surface area (Å²) in [6, 6.07) is 5.86. The van der Waals surface area contributed by atoms with Crippen molar-refractivity contribution in [2.24, 2.45) is 0 Å². The van der Waals surface area contributed by atoms with Crippen LogP contribution in [0.4, 0.5) is 17.5 Å². The van der Waals surface area contributed by atoms with E-state index in [0.29, 0.717) is 22.8 Å². The van der Waals surface area contributed by atoms with E-state index in [1.165, 1.54) is 0 Å². The molecular weight excluding hydrogens is 386 g/mol. The molecule has 0 radical (unpaired) electrons. The molecule has 158 valence electrons. The molecule has 3 rings (SSSR count). The van der Waals surface area contributed by atoms with Crippen molar-refractivity contribution in [2.75, 3.05) is 24.8 Å². The Balaban J connectivity index is 1.78. The zero-order chi connectivity index (χ0) is 21.4. The number of hydrogen-bond donors (Lipinski definition) is 2. The third-order valence-corrected chi connectivity index (χ3v) is 6.32. The number of rotatable bonds is 5. The second kappa shape index (κ2) is 8.00. The van der Waals surface area contributed by atoms with Crippen LogP contribution in [0.5, 0.6) is 5.75 Å². The first-order valence-corrected chi connectivity index (χ1v) is 10.3. The largest absolute Gasteiger partial charge is 0.495 e. The summed E-state index contributed by atoms with van der Waals surface area (Å²) in [6.07, 6.45) is 3.94. The van der Waals surface area contributed by atoms with Gasteiger partial charge < -0.3 is 15.4 Å². The molecule has 2 N–H and O–H groups in total. The number of ether oxygens (including phenoxy) is 1. The van der Waals surface area contributed by atoms with Crippen LogP contribution in [0.25, 0.3) is 0 Å². The number of aryl methyl sites for hydroxylation is 1. The predicted molar refractivity (Wildman–Crippen MR) is 121 cm³/mol.